The fourth-order valence-corrected chi connectivity index (χ4v) is 2.17. The Balaban J connectivity index is 2.11. The summed E-state index contributed by atoms with van der Waals surface area (Å²) in [5.74, 6) is 1.22. The molecule has 3 rings (SSSR count). The van der Waals surface area contributed by atoms with Crippen molar-refractivity contribution in [2.45, 2.75) is 26.2 Å². The lowest BCUT2D eigenvalue weighted by molar-refractivity contribution is 0.845. The first-order chi connectivity index (χ1) is 8.28. The minimum Gasteiger partial charge on any atom is -0.341 e. The first-order valence-corrected chi connectivity index (χ1v) is 6.01. The molecule has 2 aromatic heterocycles. The minimum absolute atomic E-state index is 0.0928. The third kappa shape index (κ3) is 1.69. The molecule has 1 N–H and O–H groups in total. The van der Waals surface area contributed by atoms with Crippen LogP contribution >= 0.6 is 0 Å². The molecule has 1 fully saturated rings. The Morgan fingerprint density at radius 3 is 2.82 bits per heavy atom. The zero-order chi connectivity index (χ0) is 11.8. The molecule has 0 spiro atoms. The zero-order valence-corrected chi connectivity index (χ0v) is 9.81. The van der Waals surface area contributed by atoms with Crippen LogP contribution in [0, 0.1) is 0 Å². The van der Waals surface area contributed by atoms with Crippen molar-refractivity contribution in [3.05, 3.63) is 22.1 Å². The van der Waals surface area contributed by atoms with Gasteiger partial charge in [-0.25, -0.2) is 4.98 Å². The molecule has 0 saturated carbocycles. The average molecular weight is 233 g/mol. The van der Waals surface area contributed by atoms with Gasteiger partial charge in [-0.1, -0.05) is 6.92 Å². The third-order valence-corrected chi connectivity index (χ3v) is 3.14. The number of rotatable bonds is 2. The van der Waals surface area contributed by atoms with Gasteiger partial charge in [0.25, 0.3) is 11.3 Å². The van der Waals surface area contributed by atoms with Gasteiger partial charge in [-0.2, -0.15) is 9.50 Å². The lowest BCUT2D eigenvalue weighted by Crippen LogP contribution is -2.20. The molecule has 0 unspecified atom stereocenters. The van der Waals surface area contributed by atoms with E-state index in [1.807, 2.05) is 6.92 Å². The first-order valence-electron chi connectivity index (χ1n) is 6.01. The van der Waals surface area contributed by atoms with Crippen LogP contribution in [-0.4, -0.2) is 32.7 Å². The van der Waals surface area contributed by atoms with Gasteiger partial charge in [0.2, 0.25) is 5.95 Å². The van der Waals surface area contributed by atoms with Gasteiger partial charge in [-0.3, -0.25) is 9.89 Å². The smallest absolute Gasteiger partial charge is 0.274 e. The summed E-state index contributed by atoms with van der Waals surface area (Å²) in [6, 6.07) is 1.55. The number of H-pyrrole nitrogens is 1. The molecule has 0 aromatic carbocycles. The van der Waals surface area contributed by atoms with Gasteiger partial charge in [-0.15, -0.1) is 0 Å². The second-order valence-electron chi connectivity index (χ2n) is 4.32. The van der Waals surface area contributed by atoms with Gasteiger partial charge in [0, 0.05) is 24.8 Å². The molecular weight excluding hydrogens is 218 g/mol. The van der Waals surface area contributed by atoms with Gasteiger partial charge in [0.15, 0.2) is 0 Å². The van der Waals surface area contributed by atoms with Crippen LogP contribution in [-0.2, 0) is 6.42 Å². The molecule has 1 aliphatic heterocycles. The number of hydrogen-bond donors (Lipinski definition) is 1. The predicted octanol–water partition coefficient (Wildman–Crippen LogP) is 0.580. The average Bonchev–Trinajstić information content (AvgIpc) is 2.96. The monoisotopic (exact) mass is 233 g/mol. The summed E-state index contributed by atoms with van der Waals surface area (Å²) in [5, 5.41) is 3.01. The molecule has 1 aliphatic rings. The topological polar surface area (TPSA) is 66.3 Å². The Bertz CT molecular complexity index is 593. The lowest BCUT2D eigenvalue weighted by Gasteiger charge is -2.11. The normalized spacial score (nSPS) is 15.9. The Hall–Kier alpha value is -1.85. The van der Waals surface area contributed by atoms with E-state index in [1.165, 1.54) is 17.4 Å². The Morgan fingerprint density at radius 1 is 1.35 bits per heavy atom. The summed E-state index contributed by atoms with van der Waals surface area (Å²) in [4.78, 5) is 22.7. The molecule has 90 valence electrons. The number of aromatic amines is 1. The molecule has 3 heterocycles. The Morgan fingerprint density at radius 2 is 2.12 bits per heavy atom. The minimum atomic E-state index is -0.0928. The van der Waals surface area contributed by atoms with Gasteiger partial charge >= 0.3 is 0 Å². The number of nitrogens with zero attached hydrogens (tertiary/aromatic N) is 4. The van der Waals surface area contributed by atoms with Crippen molar-refractivity contribution in [3.8, 4) is 0 Å². The highest BCUT2D eigenvalue weighted by Gasteiger charge is 2.17. The standard InChI is InChI=1S/C11H15N5O/c1-2-8-7-9(17)16-10(12-8)13-11(14-16)15-5-3-4-6-15/h7H,2-6H2,1H3,(H,12,13,14). The molecule has 2 aromatic rings. The largest absolute Gasteiger partial charge is 0.341 e. The second-order valence-corrected chi connectivity index (χ2v) is 4.32. The number of fused-ring (bicyclic) bond motifs is 1. The van der Waals surface area contributed by atoms with E-state index in [4.69, 9.17) is 0 Å². The maximum absolute atomic E-state index is 11.8. The van der Waals surface area contributed by atoms with Crippen LogP contribution < -0.4 is 10.5 Å². The molecule has 0 bridgehead atoms. The van der Waals surface area contributed by atoms with Crippen LogP contribution in [0.25, 0.3) is 5.78 Å². The lowest BCUT2D eigenvalue weighted by atomic mass is 10.3. The summed E-state index contributed by atoms with van der Waals surface area (Å²) in [7, 11) is 0. The number of aromatic nitrogens is 4. The molecule has 0 atom stereocenters. The molecule has 1 saturated heterocycles. The van der Waals surface area contributed by atoms with Crippen molar-refractivity contribution in [1.29, 1.82) is 0 Å². The summed E-state index contributed by atoms with van der Waals surface area (Å²) < 4.78 is 1.41. The number of hydrogen-bond acceptors (Lipinski definition) is 4. The van der Waals surface area contributed by atoms with Crippen molar-refractivity contribution >= 4 is 11.7 Å². The molecule has 6 heteroatoms. The van der Waals surface area contributed by atoms with Crippen molar-refractivity contribution in [2.75, 3.05) is 18.0 Å². The van der Waals surface area contributed by atoms with Crippen LogP contribution in [0.1, 0.15) is 25.5 Å². The van der Waals surface area contributed by atoms with Crippen molar-refractivity contribution in [2.24, 2.45) is 0 Å². The number of anilines is 1. The Kier molecular flexibility index (Phi) is 2.35. The first kappa shape index (κ1) is 10.3. The highest BCUT2D eigenvalue weighted by atomic mass is 16.1. The summed E-state index contributed by atoms with van der Waals surface area (Å²) in [6.07, 6.45) is 3.11. The van der Waals surface area contributed by atoms with E-state index in [-0.39, 0.29) is 5.56 Å². The summed E-state index contributed by atoms with van der Waals surface area (Å²) in [6.45, 7) is 3.97. The van der Waals surface area contributed by atoms with E-state index in [2.05, 4.69) is 20.0 Å². The van der Waals surface area contributed by atoms with Crippen LogP contribution in [0.5, 0.6) is 0 Å². The molecule has 0 aliphatic carbocycles. The van der Waals surface area contributed by atoms with Crippen LogP contribution in [0.4, 0.5) is 5.95 Å². The van der Waals surface area contributed by atoms with Crippen LogP contribution in [0.2, 0.25) is 0 Å². The van der Waals surface area contributed by atoms with Crippen molar-refractivity contribution < 1.29 is 0 Å². The van der Waals surface area contributed by atoms with Gasteiger partial charge < -0.3 is 4.90 Å². The van der Waals surface area contributed by atoms with Crippen molar-refractivity contribution in [1.82, 2.24) is 19.6 Å². The van der Waals surface area contributed by atoms with E-state index < -0.39 is 0 Å². The maximum atomic E-state index is 11.8. The third-order valence-electron chi connectivity index (χ3n) is 3.14. The van der Waals surface area contributed by atoms with E-state index in [0.29, 0.717) is 5.78 Å². The second kappa shape index (κ2) is 3.87. The molecule has 17 heavy (non-hydrogen) atoms. The number of nitrogens with one attached hydrogen (secondary N) is 1. The predicted molar refractivity (Wildman–Crippen MR) is 64.4 cm³/mol. The van der Waals surface area contributed by atoms with Gasteiger partial charge in [-0.05, 0) is 19.3 Å². The fourth-order valence-electron chi connectivity index (χ4n) is 2.17. The van der Waals surface area contributed by atoms with E-state index in [0.717, 1.165) is 31.2 Å². The molecule has 0 amide bonds. The SMILES string of the molecule is CCc1cc(=O)n2[nH]c(N3CCCC3)nc2n1. The van der Waals surface area contributed by atoms with Gasteiger partial charge in [0.1, 0.15) is 0 Å². The summed E-state index contributed by atoms with van der Waals surface area (Å²) >= 11 is 0. The van der Waals surface area contributed by atoms with Crippen molar-refractivity contribution in [3.63, 3.8) is 0 Å². The van der Waals surface area contributed by atoms with E-state index in [9.17, 15) is 4.79 Å². The highest BCUT2D eigenvalue weighted by molar-refractivity contribution is 5.40. The van der Waals surface area contributed by atoms with Crippen LogP contribution in [0.15, 0.2) is 10.9 Å². The maximum Gasteiger partial charge on any atom is 0.274 e. The molecular formula is C11H15N5O. The quantitative estimate of drug-likeness (QED) is 0.824. The summed E-state index contributed by atoms with van der Waals surface area (Å²) in [5.41, 5.74) is 0.694. The molecule has 6 nitrogen and oxygen atoms in total. The Labute approximate surface area is 98.3 Å². The van der Waals surface area contributed by atoms with E-state index >= 15 is 0 Å². The zero-order valence-electron chi connectivity index (χ0n) is 9.81. The fraction of sp³-hybridized carbons (Fsp3) is 0.545. The van der Waals surface area contributed by atoms with Crippen LogP contribution in [0.3, 0.4) is 0 Å². The van der Waals surface area contributed by atoms with E-state index in [1.54, 1.807) is 6.07 Å². The number of aryl methyl sites for hydroxylation is 1. The molecule has 0 radical (unpaired) electrons. The highest BCUT2D eigenvalue weighted by Crippen LogP contribution is 2.15. The van der Waals surface area contributed by atoms with Gasteiger partial charge in [0.05, 0.1) is 0 Å².